The number of esters is 3. The molecule has 6 heteroatoms. The van der Waals surface area contributed by atoms with E-state index in [1.165, 1.54) is 186 Å². The van der Waals surface area contributed by atoms with Crippen LogP contribution in [0.3, 0.4) is 0 Å². The van der Waals surface area contributed by atoms with Gasteiger partial charge in [-0.1, -0.05) is 245 Å². The van der Waals surface area contributed by atoms with Gasteiger partial charge in [-0.25, -0.2) is 0 Å². The second kappa shape index (κ2) is 46.1. The lowest BCUT2D eigenvalue weighted by molar-refractivity contribution is -0.167. The molecule has 0 saturated heterocycles. The minimum atomic E-state index is -0.758. The zero-order valence-electron chi connectivity index (χ0n) is 37.9. The van der Waals surface area contributed by atoms with Gasteiger partial charge in [0.15, 0.2) is 6.10 Å². The first-order valence-corrected chi connectivity index (χ1v) is 25.0. The third kappa shape index (κ3) is 43.5. The molecular formula is C50H96O6. The van der Waals surface area contributed by atoms with Crippen molar-refractivity contribution in [3.63, 3.8) is 0 Å². The third-order valence-electron chi connectivity index (χ3n) is 11.4. The Hall–Kier alpha value is -1.59. The third-order valence-corrected chi connectivity index (χ3v) is 11.4. The minimum absolute atomic E-state index is 0.0621. The summed E-state index contributed by atoms with van der Waals surface area (Å²) in [5.74, 6) is -0.844. The summed E-state index contributed by atoms with van der Waals surface area (Å²) in [5.41, 5.74) is 0. The van der Waals surface area contributed by atoms with Crippen LogP contribution in [0.15, 0.2) is 0 Å². The summed E-state index contributed by atoms with van der Waals surface area (Å²) in [6.45, 7) is 6.66. The lowest BCUT2D eigenvalue weighted by atomic mass is 10.0. The fraction of sp³-hybridized carbons (Fsp3) is 0.940. The molecule has 0 aromatic heterocycles. The summed E-state index contributed by atoms with van der Waals surface area (Å²) in [6.07, 6.45) is 47.9. The number of hydrogen-bond acceptors (Lipinski definition) is 6. The van der Waals surface area contributed by atoms with Crippen molar-refractivity contribution in [2.75, 3.05) is 13.2 Å². The Morgan fingerprint density at radius 3 is 0.714 bits per heavy atom. The van der Waals surface area contributed by atoms with E-state index >= 15 is 0 Å². The summed E-state index contributed by atoms with van der Waals surface area (Å²) in [7, 11) is 0. The minimum Gasteiger partial charge on any atom is -0.462 e. The van der Waals surface area contributed by atoms with E-state index in [1.54, 1.807) is 0 Å². The molecule has 0 fully saturated rings. The molecule has 0 rings (SSSR count). The molecule has 0 saturated carbocycles. The van der Waals surface area contributed by atoms with Crippen molar-refractivity contribution in [3.05, 3.63) is 0 Å². The Bertz CT molecular complexity index is 828. The maximum atomic E-state index is 12.7. The van der Waals surface area contributed by atoms with E-state index in [2.05, 4.69) is 20.8 Å². The van der Waals surface area contributed by atoms with Crippen LogP contribution in [0.5, 0.6) is 0 Å². The molecule has 0 radical (unpaired) electrons. The number of carbonyl (C=O) groups is 3. The van der Waals surface area contributed by atoms with Crippen LogP contribution in [0.4, 0.5) is 0 Å². The summed E-state index contributed by atoms with van der Waals surface area (Å²) < 4.78 is 16.8. The smallest absolute Gasteiger partial charge is 0.306 e. The van der Waals surface area contributed by atoms with Crippen molar-refractivity contribution in [1.29, 1.82) is 0 Å². The van der Waals surface area contributed by atoms with Gasteiger partial charge in [0.25, 0.3) is 0 Å². The molecule has 0 bridgehead atoms. The van der Waals surface area contributed by atoms with Crippen molar-refractivity contribution < 1.29 is 28.6 Å². The maximum Gasteiger partial charge on any atom is 0.306 e. The van der Waals surface area contributed by atoms with Gasteiger partial charge in [-0.2, -0.15) is 0 Å². The largest absolute Gasteiger partial charge is 0.462 e. The molecule has 0 N–H and O–H groups in total. The van der Waals surface area contributed by atoms with Crippen molar-refractivity contribution >= 4 is 17.9 Å². The van der Waals surface area contributed by atoms with Crippen LogP contribution in [-0.2, 0) is 28.6 Å². The predicted molar refractivity (Wildman–Crippen MR) is 238 cm³/mol. The zero-order valence-corrected chi connectivity index (χ0v) is 37.9. The lowest BCUT2D eigenvalue weighted by Gasteiger charge is -2.18. The van der Waals surface area contributed by atoms with Crippen LogP contribution >= 0.6 is 0 Å². The molecule has 0 aliphatic heterocycles. The standard InChI is InChI=1S/C50H96O6/c1-4-7-10-13-16-19-22-24-26-29-31-34-37-40-43-49(52)55-46-47(56-50(53)44-41-38-35-32-27-21-18-15-12-9-6-3)45-54-48(51)42-39-36-33-30-28-25-23-20-17-14-11-8-5-2/h47H,4-46H2,1-3H3/t47-/m1/s1. The fourth-order valence-electron chi connectivity index (χ4n) is 7.56. The average molecular weight is 793 g/mol. The normalized spacial score (nSPS) is 11.8. The van der Waals surface area contributed by atoms with E-state index in [-0.39, 0.29) is 31.1 Å². The predicted octanol–water partition coefficient (Wildman–Crippen LogP) is 16.0. The Morgan fingerprint density at radius 1 is 0.286 bits per heavy atom. The first kappa shape index (κ1) is 54.4. The molecule has 56 heavy (non-hydrogen) atoms. The van der Waals surface area contributed by atoms with Gasteiger partial charge < -0.3 is 14.2 Å². The summed E-state index contributed by atoms with van der Waals surface area (Å²) in [6, 6.07) is 0. The first-order valence-electron chi connectivity index (χ1n) is 25.0. The molecule has 0 aliphatic rings. The molecular weight excluding hydrogens is 697 g/mol. The van der Waals surface area contributed by atoms with E-state index < -0.39 is 6.10 Å². The Labute approximate surface area is 348 Å². The molecule has 0 heterocycles. The van der Waals surface area contributed by atoms with Crippen molar-refractivity contribution in [2.45, 2.75) is 290 Å². The molecule has 0 aliphatic carbocycles. The van der Waals surface area contributed by atoms with E-state index in [1.807, 2.05) is 0 Å². The maximum absolute atomic E-state index is 12.7. The molecule has 1 atom stereocenters. The number of unbranched alkanes of at least 4 members (excludes halogenated alkanes) is 35. The van der Waals surface area contributed by atoms with Crippen molar-refractivity contribution in [3.8, 4) is 0 Å². The van der Waals surface area contributed by atoms with Gasteiger partial charge in [0, 0.05) is 19.3 Å². The molecule has 332 valence electrons. The van der Waals surface area contributed by atoms with E-state index in [0.717, 1.165) is 57.8 Å². The van der Waals surface area contributed by atoms with Gasteiger partial charge in [0.2, 0.25) is 0 Å². The zero-order chi connectivity index (χ0) is 40.8. The highest BCUT2D eigenvalue weighted by Crippen LogP contribution is 2.16. The van der Waals surface area contributed by atoms with Crippen LogP contribution in [-0.4, -0.2) is 37.2 Å². The molecule has 0 amide bonds. The SMILES string of the molecule is CCCCCCCCCCCCCCCCC(=O)OC[C@@H](COC(=O)CCCCCCCCCCCCCCC)OC(=O)CCCCCCCCCCCCC. The summed E-state index contributed by atoms with van der Waals surface area (Å²) in [4.78, 5) is 37.8. The molecule has 6 nitrogen and oxygen atoms in total. The van der Waals surface area contributed by atoms with Crippen LogP contribution in [0.2, 0.25) is 0 Å². The lowest BCUT2D eigenvalue weighted by Crippen LogP contribution is -2.30. The second-order valence-electron chi connectivity index (χ2n) is 17.1. The fourth-order valence-corrected chi connectivity index (χ4v) is 7.56. The summed E-state index contributed by atoms with van der Waals surface area (Å²) >= 11 is 0. The summed E-state index contributed by atoms with van der Waals surface area (Å²) in [5, 5.41) is 0. The van der Waals surface area contributed by atoms with Crippen LogP contribution < -0.4 is 0 Å². The quantitative estimate of drug-likeness (QED) is 0.0347. The number of rotatable bonds is 46. The van der Waals surface area contributed by atoms with Crippen LogP contribution in [0, 0.1) is 0 Å². The molecule has 0 aromatic rings. The van der Waals surface area contributed by atoms with Crippen molar-refractivity contribution in [1.82, 2.24) is 0 Å². The van der Waals surface area contributed by atoms with Crippen LogP contribution in [0.25, 0.3) is 0 Å². The number of hydrogen-bond donors (Lipinski definition) is 0. The van der Waals surface area contributed by atoms with E-state index in [9.17, 15) is 14.4 Å². The first-order chi connectivity index (χ1) is 27.5. The van der Waals surface area contributed by atoms with Gasteiger partial charge in [-0.05, 0) is 19.3 Å². The molecule has 0 aromatic carbocycles. The highest BCUT2D eigenvalue weighted by atomic mass is 16.6. The average Bonchev–Trinajstić information content (AvgIpc) is 3.19. The Morgan fingerprint density at radius 2 is 0.482 bits per heavy atom. The van der Waals surface area contributed by atoms with Gasteiger partial charge in [0.1, 0.15) is 13.2 Å². The topological polar surface area (TPSA) is 78.9 Å². The molecule has 0 unspecified atom stereocenters. The van der Waals surface area contributed by atoms with Crippen LogP contribution in [0.1, 0.15) is 284 Å². The second-order valence-corrected chi connectivity index (χ2v) is 17.1. The van der Waals surface area contributed by atoms with E-state index in [0.29, 0.717) is 19.3 Å². The number of carbonyl (C=O) groups excluding carboxylic acids is 3. The monoisotopic (exact) mass is 793 g/mol. The highest BCUT2D eigenvalue weighted by Gasteiger charge is 2.19. The van der Waals surface area contributed by atoms with Gasteiger partial charge in [0.05, 0.1) is 0 Å². The van der Waals surface area contributed by atoms with E-state index in [4.69, 9.17) is 14.2 Å². The van der Waals surface area contributed by atoms with Crippen molar-refractivity contribution in [2.24, 2.45) is 0 Å². The van der Waals surface area contributed by atoms with Gasteiger partial charge >= 0.3 is 17.9 Å². The molecule has 0 spiro atoms. The number of ether oxygens (including phenoxy) is 3. The Kier molecular flexibility index (Phi) is 44.8. The Balaban J connectivity index is 4.29. The van der Waals surface area contributed by atoms with Gasteiger partial charge in [-0.3, -0.25) is 14.4 Å². The van der Waals surface area contributed by atoms with Gasteiger partial charge in [-0.15, -0.1) is 0 Å². The highest BCUT2D eigenvalue weighted by molar-refractivity contribution is 5.71.